The van der Waals surface area contributed by atoms with Gasteiger partial charge >= 0.3 is 0 Å². The van der Waals surface area contributed by atoms with E-state index in [-0.39, 0.29) is 16.8 Å². The minimum atomic E-state index is -3.89. The number of sulfonamides is 1. The van der Waals surface area contributed by atoms with Crippen molar-refractivity contribution in [2.24, 2.45) is 0 Å². The molecule has 0 bridgehead atoms. The fraction of sp³-hybridized carbons (Fsp3) is 0.381. The zero-order valence-corrected chi connectivity index (χ0v) is 18.9. The van der Waals surface area contributed by atoms with Gasteiger partial charge in [-0.25, -0.2) is 8.42 Å². The van der Waals surface area contributed by atoms with Crippen LogP contribution in [0.15, 0.2) is 39.7 Å². The highest BCUT2D eigenvalue weighted by molar-refractivity contribution is 9.10. The predicted molar refractivity (Wildman–Crippen MR) is 116 cm³/mol. The first-order valence-electron chi connectivity index (χ1n) is 9.45. The second kappa shape index (κ2) is 7.87. The van der Waals surface area contributed by atoms with Gasteiger partial charge in [0.15, 0.2) is 0 Å². The average Bonchev–Trinajstić information content (AvgIpc) is 2.96. The number of para-hydroxylation sites is 1. The summed E-state index contributed by atoms with van der Waals surface area (Å²) in [4.78, 5) is 14.0. The lowest BCUT2D eigenvalue weighted by molar-refractivity contribution is -0.116. The third-order valence-electron chi connectivity index (χ3n) is 5.18. The number of carbonyl (C=O) groups excluding carboxylic acids is 1. The molecule has 7 heteroatoms. The maximum absolute atomic E-state index is 13.5. The number of hydrogen-bond donors (Lipinski definition) is 1. The summed E-state index contributed by atoms with van der Waals surface area (Å²) in [5.41, 5.74) is 3.89. The topological polar surface area (TPSA) is 66.5 Å². The number of amides is 1. The van der Waals surface area contributed by atoms with Crippen LogP contribution in [0.25, 0.3) is 0 Å². The molecule has 0 radical (unpaired) electrons. The molecule has 2 aromatic rings. The smallest absolute Gasteiger partial charge is 0.264 e. The number of hydrogen-bond acceptors (Lipinski definition) is 3. The molecule has 1 N–H and O–H groups in total. The van der Waals surface area contributed by atoms with Gasteiger partial charge in [0.1, 0.15) is 4.90 Å². The third kappa shape index (κ3) is 3.70. The summed E-state index contributed by atoms with van der Waals surface area (Å²) in [5, 5.41) is 0. The Morgan fingerprint density at radius 3 is 2.36 bits per heavy atom. The molecule has 0 aromatic heterocycles. The molecule has 1 aliphatic rings. The highest BCUT2D eigenvalue weighted by Crippen LogP contribution is 2.41. The van der Waals surface area contributed by atoms with Gasteiger partial charge in [0.25, 0.3) is 10.0 Å². The summed E-state index contributed by atoms with van der Waals surface area (Å²) in [6.45, 7) is 7.41. The normalized spacial score (nSPS) is 16.2. The van der Waals surface area contributed by atoms with Crippen LogP contribution in [0, 0.1) is 0 Å². The molecule has 1 amide bonds. The van der Waals surface area contributed by atoms with E-state index in [1.54, 1.807) is 11.0 Å². The fourth-order valence-electron chi connectivity index (χ4n) is 3.92. The van der Waals surface area contributed by atoms with Crippen molar-refractivity contribution in [3.05, 3.63) is 51.5 Å². The van der Waals surface area contributed by atoms with Crippen LogP contribution < -0.4 is 9.62 Å². The van der Waals surface area contributed by atoms with E-state index in [0.717, 1.165) is 29.5 Å². The monoisotopic (exact) mass is 464 g/mol. The van der Waals surface area contributed by atoms with E-state index in [9.17, 15) is 13.2 Å². The average molecular weight is 465 g/mol. The summed E-state index contributed by atoms with van der Waals surface area (Å²) in [6.07, 6.45) is 2.07. The Balaban J connectivity index is 2.17. The first-order chi connectivity index (χ1) is 13.2. The number of nitrogens with zero attached hydrogens (tertiary/aromatic N) is 1. The Kier molecular flexibility index (Phi) is 5.87. The number of anilines is 2. The molecule has 2 aromatic carbocycles. The third-order valence-corrected chi connectivity index (χ3v) is 7.00. The molecule has 1 aliphatic heterocycles. The first kappa shape index (κ1) is 20.9. The van der Waals surface area contributed by atoms with E-state index >= 15 is 0 Å². The van der Waals surface area contributed by atoms with Gasteiger partial charge in [0, 0.05) is 17.4 Å². The molecule has 0 saturated carbocycles. The molecule has 28 heavy (non-hydrogen) atoms. The van der Waals surface area contributed by atoms with Crippen LogP contribution in [0.3, 0.4) is 0 Å². The highest BCUT2D eigenvalue weighted by atomic mass is 79.9. The van der Waals surface area contributed by atoms with Gasteiger partial charge in [0.2, 0.25) is 5.91 Å². The minimum absolute atomic E-state index is 0.0788. The van der Waals surface area contributed by atoms with Crippen molar-refractivity contribution >= 4 is 43.2 Å². The maximum atomic E-state index is 13.5. The maximum Gasteiger partial charge on any atom is 0.264 e. The molecule has 5 nitrogen and oxygen atoms in total. The Hall–Kier alpha value is -1.86. The Morgan fingerprint density at radius 1 is 1.21 bits per heavy atom. The lowest BCUT2D eigenvalue weighted by Gasteiger charge is -2.24. The first-order valence-corrected chi connectivity index (χ1v) is 11.7. The Bertz CT molecular complexity index is 1010. The number of nitrogens with one attached hydrogen (secondary N) is 1. The second-order valence-electron chi connectivity index (χ2n) is 7.12. The number of fused-ring (bicyclic) bond motifs is 1. The van der Waals surface area contributed by atoms with Crippen molar-refractivity contribution in [2.45, 2.75) is 57.9 Å². The molecule has 150 valence electrons. The lowest BCUT2D eigenvalue weighted by Crippen LogP contribution is -2.34. The van der Waals surface area contributed by atoms with Crippen LogP contribution in [-0.4, -0.2) is 20.4 Å². The molecule has 0 aliphatic carbocycles. The van der Waals surface area contributed by atoms with Crippen LogP contribution in [0.2, 0.25) is 0 Å². The van der Waals surface area contributed by atoms with Crippen molar-refractivity contribution in [1.82, 2.24) is 0 Å². The molecule has 1 atom stereocenters. The van der Waals surface area contributed by atoms with E-state index in [2.05, 4.69) is 20.7 Å². The van der Waals surface area contributed by atoms with Crippen molar-refractivity contribution in [3.8, 4) is 0 Å². The van der Waals surface area contributed by atoms with E-state index in [1.807, 2.05) is 45.0 Å². The number of halogens is 1. The van der Waals surface area contributed by atoms with Gasteiger partial charge in [-0.15, -0.1) is 0 Å². The number of rotatable bonds is 5. The van der Waals surface area contributed by atoms with Crippen LogP contribution in [0.5, 0.6) is 0 Å². The van der Waals surface area contributed by atoms with Crippen molar-refractivity contribution in [2.75, 3.05) is 9.62 Å². The highest BCUT2D eigenvalue weighted by Gasteiger charge is 2.35. The van der Waals surface area contributed by atoms with E-state index in [1.165, 1.54) is 6.92 Å². The molecule has 0 spiro atoms. The van der Waals surface area contributed by atoms with Crippen molar-refractivity contribution in [3.63, 3.8) is 0 Å². The van der Waals surface area contributed by atoms with Crippen LogP contribution in [0.4, 0.5) is 11.4 Å². The van der Waals surface area contributed by atoms with Gasteiger partial charge in [0.05, 0.1) is 11.4 Å². The number of aryl methyl sites for hydroxylation is 2. The molecule has 0 fully saturated rings. The molecule has 3 rings (SSSR count). The van der Waals surface area contributed by atoms with Gasteiger partial charge in [-0.3, -0.25) is 9.52 Å². The fourth-order valence-corrected chi connectivity index (χ4v) is 5.99. The Labute approximate surface area is 175 Å². The second-order valence-corrected chi connectivity index (χ2v) is 9.68. The van der Waals surface area contributed by atoms with Gasteiger partial charge < -0.3 is 4.90 Å². The van der Waals surface area contributed by atoms with E-state index in [4.69, 9.17) is 0 Å². The summed E-state index contributed by atoms with van der Waals surface area (Å²) in [6, 6.07) is 9.22. The molecule has 0 saturated heterocycles. The largest absolute Gasteiger partial charge is 0.308 e. The lowest BCUT2D eigenvalue weighted by atomic mass is 10.0. The van der Waals surface area contributed by atoms with Crippen molar-refractivity contribution < 1.29 is 13.2 Å². The SMILES string of the molecule is CCc1cccc(CC)c1NS(=O)(=O)c1cc(Br)cc2c1N(C(C)=O)C(C)C2. The van der Waals surface area contributed by atoms with E-state index < -0.39 is 10.0 Å². The van der Waals surface area contributed by atoms with Crippen molar-refractivity contribution in [1.29, 1.82) is 0 Å². The standard InChI is InChI=1S/C21H25BrN2O3S/c1-5-15-8-7-9-16(6-2)20(15)23-28(26,27)19-12-18(22)11-17-10-13(3)24(14(4)25)21(17)19/h7-9,11-13,23H,5-6,10H2,1-4H3. The van der Waals surface area contributed by atoms with Gasteiger partial charge in [-0.1, -0.05) is 48.0 Å². The molecular formula is C21H25BrN2O3S. The van der Waals surface area contributed by atoms with E-state index in [0.29, 0.717) is 22.3 Å². The van der Waals surface area contributed by atoms with Crippen LogP contribution >= 0.6 is 15.9 Å². The summed E-state index contributed by atoms with van der Waals surface area (Å²) in [5.74, 6) is -0.159. The van der Waals surface area contributed by atoms with Crippen LogP contribution in [0.1, 0.15) is 44.4 Å². The quantitative estimate of drug-likeness (QED) is 0.698. The van der Waals surface area contributed by atoms with Crippen LogP contribution in [-0.2, 0) is 34.1 Å². The minimum Gasteiger partial charge on any atom is -0.308 e. The van der Waals surface area contributed by atoms with Gasteiger partial charge in [-0.2, -0.15) is 0 Å². The zero-order valence-electron chi connectivity index (χ0n) is 16.5. The molecule has 1 heterocycles. The Morgan fingerprint density at radius 2 is 1.82 bits per heavy atom. The van der Waals surface area contributed by atoms with Gasteiger partial charge in [-0.05, 0) is 55.0 Å². The number of benzene rings is 2. The molecule has 1 unspecified atom stereocenters. The zero-order chi connectivity index (χ0) is 20.6. The predicted octanol–water partition coefficient (Wildman–Crippen LogP) is 4.67. The number of carbonyl (C=O) groups is 1. The summed E-state index contributed by atoms with van der Waals surface area (Å²) < 4.78 is 30.4. The molecular weight excluding hydrogens is 440 g/mol. The summed E-state index contributed by atoms with van der Waals surface area (Å²) in [7, 11) is -3.89. The summed E-state index contributed by atoms with van der Waals surface area (Å²) >= 11 is 3.43.